The lowest BCUT2D eigenvalue weighted by Crippen LogP contribution is -2.38. The van der Waals surface area contributed by atoms with E-state index in [9.17, 15) is 31.5 Å². The summed E-state index contributed by atoms with van der Waals surface area (Å²) >= 11 is 0. The molecule has 1 amide bonds. The topological polar surface area (TPSA) is 114 Å². The van der Waals surface area contributed by atoms with Crippen molar-refractivity contribution in [3.63, 3.8) is 0 Å². The van der Waals surface area contributed by atoms with Crippen molar-refractivity contribution < 1.29 is 45.7 Å². The molecule has 44 heavy (non-hydrogen) atoms. The summed E-state index contributed by atoms with van der Waals surface area (Å²) in [5.41, 5.74) is 0.576. The van der Waals surface area contributed by atoms with Crippen molar-refractivity contribution in [2.24, 2.45) is 0 Å². The summed E-state index contributed by atoms with van der Waals surface area (Å²) in [6.45, 7) is -0.696. The van der Waals surface area contributed by atoms with Crippen molar-refractivity contribution in [2.45, 2.75) is 36.2 Å². The molecular formula is C31H33F3N2O7S. The first-order valence-corrected chi connectivity index (χ1v) is 15.2. The van der Waals surface area contributed by atoms with Crippen LogP contribution in [0.5, 0.6) is 5.75 Å². The molecule has 0 spiro atoms. The molecule has 2 N–H and O–H groups in total. The van der Waals surface area contributed by atoms with Gasteiger partial charge in [0.25, 0.3) is 5.91 Å². The Morgan fingerprint density at radius 2 is 1.70 bits per heavy atom. The molecule has 236 valence electrons. The summed E-state index contributed by atoms with van der Waals surface area (Å²) in [5, 5.41) is 12.3. The lowest BCUT2D eigenvalue weighted by atomic mass is 9.92. The van der Waals surface area contributed by atoms with E-state index >= 15 is 0 Å². The number of rotatable bonds is 13. The summed E-state index contributed by atoms with van der Waals surface area (Å²) in [6, 6.07) is 19.6. The fourth-order valence-corrected chi connectivity index (χ4v) is 6.00. The van der Waals surface area contributed by atoms with E-state index in [1.54, 1.807) is 0 Å². The van der Waals surface area contributed by atoms with Gasteiger partial charge in [0.15, 0.2) is 5.76 Å². The molecule has 0 aliphatic carbocycles. The molecule has 0 aromatic heterocycles. The van der Waals surface area contributed by atoms with Gasteiger partial charge in [0, 0.05) is 32.0 Å². The lowest BCUT2D eigenvalue weighted by Gasteiger charge is -2.30. The molecule has 13 heteroatoms. The number of amides is 1. The van der Waals surface area contributed by atoms with Gasteiger partial charge in [-0.15, -0.1) is 0 Å². The van der Waals surface area contributed by atoms with Crippen LogP contribution in [0.1, 0.15) is 29.0 Å². The van der Waals surface area contributed by atoms with Crippen molar-refractivity contribution in [3.8, 4) is 5.75 Å². The number of hydrogen-bond donors (Lipinski definition) is 2. The van der Waals surface area contributed by atoms with Crippen molar-refractivity contribution >= 4 is 15.9 Å². The number of allylic oxidation sites excluding steroid dienone is 1. The molecule has 9 nitrogen and oxygen atoms in total. The smallest absolute Gasteiger partial charge is 0.416 e. The second-order valence-electron chi connectivity index (χ2n) is 9.88. The molecule has 3 aromatic carbocycles. The maximum Gasteiger partial charge on any atom is 0.416 e. The van der Waals surface area contributed by atoms with Crippen LogP contribution in [0.15, 0.2) is 95.6 Å². The van der Waals surface area contributed by atoms with Crippen LogP contribution in [-0.4, -0.2) is 63.4 Å². The Morgan fingerprint density at radius 1 is 1.02 bits per heavy atom. The van der Waals surface area contributed by atoms with E-state index in [0.29, 0.717) is 11.3 Å². The molecule has 0 radical (unpaired) electrons. The Labute approximate surface area is 253 Å². The number of alkyl halides is 3. The number of aliphatic hydroxyl groups is 1. The number of hydrogen-bond acceptors (Lipinski definition) is 7. The molecule has 4 rings (SSSR count). The highest BCUT2D eigenvalue weighted by atomic mass is 32.2. The fourth-order valence-electron chi connectivity index (χ4n) is 4.58. The Morgan fingerprint density at radius 3 is 2.32 bits per heavy atom. The monoisotopic (exact) mass is 634 g/mol. The minimum atomic E-state index is -4.50. The van der Waals surface area contributed by atoms with Crippen LogP contribution >= 0.6 is 0 Å². The molecule has 0 bridgehead atoms. The zero-order chi connectivity index (χ0) is 31.7. The number of aliphatic hydroxyl groups excluding tert-OH is 1. The maximum atomic E-state index is 13.2. The van der Waals surface area contributed by atoms with Crippen LogP contribution in [0.4, 0.5) is 13.2 Å². The number of halogens is 3. The van der Waals surface area contributed by atoms with Crippen LogP contribution in [-0.2, 0) is 37.0 Å². The molecule has 0 unspecified atom stereocenters. The number of benzene rings is 3. The van der Waals surface area contributed by atoms with E-state index in [1.165, 1.54) is 49.6 Å². The van der Waals surface area contributed by atoms with E-state index in [1.807, 2.05) is 30.3 Å². The standard InChI is InChI=1S/C31H33F3N2O7S/c1-41-26-11-13-27(14-12-26)44(39,40)36(15-17-37)16-18-42-29-20-24(23-7-9-25(10-8-23)31(32,33)34)19-28(43-29)30(38)35-21-22-5-3-2-4-6-22/h2-14,19,24,29,37H,15-18,20-21H2,1H3,(H,35,38)/t24-,29+/m0/s1. The van der Waals surface area contributed by atoms with E-state index in [4.69, 9.17) is 14.2 Å². The molecule has 0 saturated carbocycles. The summed E-state index contributed by atoms with van der Waals surface area (Å²) in [4.78, 5) is 13.1. The largest absolute Gasteiger partial charge is 0.497 e. The van der Waals surface area contributed by atoms with Gasteiger partial charge in [0.1, 0.15) is 5.75 Å². The third-order valence-electron chi connectivity index (χ3n) is 6.93. The molecule has 0 saturated heterocycles. The second kappa shape index (κ2) is 14.7. The predicted molar refractivity (Wildman–Crippen MR) is 155 cm³/mol. The zero-order valence-electron chi connectivity index (χ0n) is 23.9. The van der Waals surface area contributed by atoms with Crippen LogP contribution in [0, 0.1) is 0 Å². The molecule has 0 fully saturated rings. The van der Waals surface area contributed by atoms with Gasteiger partial charge in [0.05, 0.1) is 30.8 Å². The molecular weight excluding hydrogens is 601 g/mol. The number of methoxy groups -OCH3 is 1. The van der Waals surface area contributed by atoms with Gasteiger partial charge in [0.2, 0.25) is 16.3 Å². The van der Waals surface area contributed by atoms with Crippen LogP contribution in [0.25, 0.3) is 0 Å². The van der Waals surface area contributed by atoms with Crippen LogP contribution in [0.2, 0.25) is 0 Å². The van der Waals surface area contributed by atoms with E-state index in [2.05, 4.69) is 5.32 Å². The van der Waals surface area contributed by atoms with Gasteiger partial charge >= 0.3 is 6.18 Å². The van der Waals surface area contributed by atoms with Gasteiger partial charge in [-0.1, -0.05) is 42.5 Å². The fraction of sp³-hybridized carbons (Fsp3) is 0.323. The summed E-state index contributed by atoms with van der Waals surface area (Å²) in [7, 11) is -2.53. The third kappa shape index (κ3) is 8.59. The van der Waals surface area contributed by atoms with Gasteiger partial charge < -0.3 is 24.6 Å². The quantitative estimate of drug-likeness (QED) is 0.286. The second-order valence-corrected chi connectivity index (χ2v) is 11.8. The molecule has 2 atom stereocenters. The SMILES string of the molecule is COc1ccc(S(=O)(=O)N(CCO)CCO[C@H]2C[C@@H](c3ccc(C(F)(F)F)cc3)C=C(C(=O)NCc3ccccc3)O2)cc1. The minimum Gasteiger partial charge on any atom is -0.497 e. The highest BCUT2D eigenvalue weighted by Gasteiger charge is 2.32. The van der Waals surface area contributed by atoms with Crippen LogP contribution in [0.3, 0.4) is 0 Å². The molecule has 1 aliphatic heterocycles. The molecule has 1 heterocycles. The number of sulfonamides is 1. The maximum absolute atomic E-state index is 13.2. The van der Waals surface area contributed by atoms with Gasteiger partial charge in [-0.2, -0.15) is 17.5 Å². The Kier molecular flexibility index (Phi) is 11.0. The minimum absolute atomic E-state index is 0.00309. The van der Waals surface area contributed by atoms with Crippen molar-refractivity contribution in [3.05, 3.63) is 107 Å². The first-order chi connectivity index (χ1) is 21.0. The number of ether oxygens (including phenoxy) is 3. The Bertz CT molecular complexity index is 1510. The van der Waals surface area contributed by atoms with Crippen molar-refractivity contribution in [1.29, 1.82) is 0 Å². The van der Waals surface area contributed by atoms with Gasteiger partial charge in [-0.05, 0) is 53.6 Å². The Hall–Kier alpha value is -3.91. The highest BCUT2D eigenvalue weighted by Crippen LogP contribution is 2.34. The zero-order valence-corrected chi connectivity index (χ0v) is 24.7. The van der Waals surface area contributed by atoms with Crippen LogP contribution < -0.4 is 10.1 Å². The number of carbonyl (C=O) groups is 1. The molecule has 1 aliphatic rings. The summed E-state index contributed by atoms with van der Waals surface area (Å²) in [6.07, 6.45) is -3.81. The van der Waals surface area contributed by atoms with E-state index in [-0.39, 0.29) is 43.3 Å². The average Bonchev–Trinajstić information content (AvgIpc) is 3.03. The molecule has 3 aromatic rings. The highest BCUT2D eigenvalue weighted by molar-refractivity contribution is 7.89. The normalized spacial score (nSPS) is 17.1. The third-order valence-corrected chi connectivity index (χ3v) is 8.85. The van der Waals surface area contributed by atoms with E-state index < -0.39 is 46.5 Å². The first-order valence-electron chi connectivity index (χ1n) is 13.8. The first kappa shape index (κ1) is 33.0. The predicted octanol–water partition coefficient (Wildman–Crippen LogP) is 4.44. The van der Waals surface area contributed by atoms with Gasteiger partial charge in [-0.3, -0.25) is 4.79 Å². The number of carbonyl (C=O) groups excluding carboxylic acids is 1. The van der Waals surface area contributed by atoms with E-state index in [0.717, 1.165) is 22.0 Å². The summed E-state index contributed by atoms with van der Waals surface area (Å²) < 4.78 is 83.7. The van der Waals surface area contributed by atoms with Gasteiger partial charge in [-0.25, -0.2) is 8.42 Å². The average molecular weight is 635 g/mol. The number of nitrogens with one attached hydrogen (secondary N) is 1. The van der Waals surface area contributed by atoms with Crippen molar-refractivity contribution in [1.82, 2.24) is 9.62 Å². The summed E-state index contributed by atoms with van der Waals surface area (Å²) in [5.74, 6) is -0.650. The number of nitrogens with zero attached hydrogens (tertiary/aromatic N) is 1. The van der Waals surface area contributed by atoms with Crippen molar-refractivity contribution in [2.75, 3.05) is 33.4 Å². The Balaban J connectivity index is 1.48. The lowest BCUT2D eigenvalue weighted by molar-refractivity contribution is -0.146.